The van der Waals surface area contributed by atoms with E-state index in [0.717, 1.165) is 19.1 Å². The van der Waals surface area contributed by atoms with Crippen LogP contribution in [-0.2, 0) is 10.3 Å². The number of rotatable bonds is 1. The zero-order valence-electron chi connectivity index (χ0n) is 11.4. The van der Waals surface area contributed by atoms with Crippen molar-refractivity contribution in [3.05, 3.63) is 23.6 Å². The summed E-state index contributed by atoms with van der Waals surface area (Å²) in [5, 5.41) is 0. The van der Waals surface area contributed by atoms with Crippen molar-refractivity contribution >= 4 is 11.7 Å². The number of hydrogen-bond donors (Lipinski definition) is 1. The maximum Gasteiger partial charge on any atom is 0.431 e. The highest BCUT2D eigenvalue weighted by atomic mass is 19.4. The first-order valence-corrected chi connectivity index (χ1v) is 5.99. The van der Waals surface area contributed by atoms with E-state index in [9.17, 15) is 26.3 Å². The van der Waals surface area contributed by atoms with E-state index in [1.54, 1.807) is 0 Å². The Labute approximate surface area is 121 Å². The molecule has 0 spiro atoms. The minimum Gasteiger partial charge on any atom is -0.462 e. The van der Waals surface area contributed by atoms with Crippen LogP contribution >= 0.6 is 0 Å². The van der Waals surface area contributed by atoms with Gasteiger partial charge in [-0.05, 0) is 19.1 Å². The Morgan fingerprint density at radius 2 is 1.86 bits per heavy atom. The molecule has 1 aromatic heterocycles. The van der Waals surface area contributed by atoms with E-state index in [1.807, 2.05) is 0 Å². The Balaban J connectivity index is 2.70. The van der Waals surface area contributed by atoms with Gasteiger partial charge in [-0.2, -0.15) is 22.0 Å². The second kappa shape index (κ2) is 4.75. The molecule has 0 bridgehead atoms. The van der Waals surface area contributed by atoms with Crippen LogP contribution in [-0.4, -0.2) is 29.1 Å². The van der Waals surface area contributed by atoms with Gasteiger partial charge in [0.2, 0.25) is 0 Å². The molecular weight excluding hydrogens is 316 g/mol. The number of halogens is 6. The highest BCUT2D eigenvalue weighted by molar-refractivity contribution is 5.75. The summed E-state index contributed by atoms with van der Waals surface area (Å²) in [4.78, 5) is 6.80. The molecule has 0 fully saturated rings. The van der Waals surface area contributed by atoms with Gasteiger partial charge in [0.25, 0.3) is 6.10 Å². The van der Waals surface area contributed by atoms with E-state index in [-0.39, 0.29) is 5.82 Å². The molecule has 122 valence electrons. The van der Waals surface area contributed by atoms with Crippen LogP contribution in [0, 0.1) is 5.82 Å². The second-order valence-electron chi connectivity index (χ2n) is 4.93. The van der Waals surface area contributed by atoms with Gasteiger partial charge in [0.1, 0.15) is 17.3 Å². The van der Waals surface area contributed by atoms with E-state index < -0.39 is 41.2 Å². The van der Waals surface area contributed by atoms with Gasteiger partial charge in [0.15, 0.2) is 11.4 Å². The molecule has 1 aromatic rings. The van der Waals surface area contributed by atoms with Crippen molar-refractivity contribution in [2.75, 3.05) is 5.73 Å². The zero-order valence-corrected chi connectivity index (χ0v) is 11.4. The van der Waals surface area contributed by atoms with Crippen molar-refractivity contribution in [1.29, 1.82) is 0 Å². The summed E-state index contributed by atoms with van der Waals surface area (Å²) in [6.07, 6.45) is -8.84. The molecular formula is C12H11F6N3O. The monoisotopic (exact) mass is 327 g/mol. The molecule has 2 atom stereocenters. The maximum atomic E-state index is 14.4. The average molecular weight is 327 g/mol. The standard InChI is InChI=1S/C12H11F6N3O/c1-5-21-10(2,8-6(13)3-4-7(19)20-8)11(14,15)9(22-5)12(16,17)18/h3-4,9H,1-2H3,(H2,19,20)/t9-,10-/m1/s1. The van der Waals surface area contributed by atoms with Gasteiger partial charge in [-0.1, -0.05) is 0 Å². The molecule has 1 aliphatic rings. The summed E-state index contributed by atoms with van der Waals surface area (Å²) < 4.78 is 85.3. The smallest absolute Gasteiger partial charge is 0.431 e. The fraction of sp³-hybridized carbons (Fsp3) is 0.500. The topological polar surface area (TPSA) is 60.5 Å². The Morgan fingerprint density at radius 1 is 1.27 bits per heavy atom. The highest BCUT2D eigenvalue weighted by Crippen LogP contribution is 2.50. The molecule has 2 rings (SSSR count). The first kappa shape index (κ1) is 16.4. The SMILES string of the molecule is CC1=N[C@](C)(c2nc(N)ccc2F)C(F)(F)[C@H](C(F)(F)F)O1. The summed E-state index contributed by atoms with van der Waals surface area (Å²) in [5.74, 6) is -6.81. The number of anilines is 1. The maximum absolute atomic E-state index is 14.4. The third-order valence-corrected chi connectivity index (χ3v) is 3.27. The largest absolute Gasteiger partial charge is 0.462 e. The summed E-state index contributed by atoms with van der Waals surface area (Å²) >= 11 is 0. The van der Waals surface area contributed by atoms with Crippen molar-refractivity contribution in [3.63, 3.8) is 0 Å². The van der Waals surface area contributed by atoms with Crippen LogP contribution in [0.25, 0.3) is 0 Å². The van der Waals surface area contributed by atoms with Gasteiger partial charge in [-0.15, -0.1) is 0 Å². The molecule has 0 amide bonds. The first-order valence-electron chi connectivity index (χ1n) is 5.99. The molecule has 0 aromatic carbocycles. The van der Waals surface area contributed by atoms with Gasteiger partial charge < -0.3 is 10.5 Å². The molecule has 2 heterocycles. The van der Waals surface area contributed by atoms with E-state index in [2.05, 4.69) is 14.7 Å². The van der Waals surface area contributed by atoms with Gasteiger partial charge in [-0.25, -0.2) is 14.4 Å². The molecule has 2 N–H and O–H groups in total. The molecule has 0 saturated carbocycles. The van der Waals surface area contributed by atoms with E-state index >= 15 is 0 Å². The summed E-state index contributed by atoms with van der Waals surface area (Å²) in [6.45, 7) is 1.62. The Morgan fingerprint density at radius 3 is 2.41 bits per heavy atom. The van der Waals surface area contributed by atoms with Crippen molar-refractivity contribution in [2.24, 2.45) is 4.99 Å². The van der Waals surface area contributed by atoms with Gasteiger partial charge in [0.05, 0.1) is 0 Å². The molecule has 0 aliphatic carbocycles. The summed E-state index contributed by atoms with van der Waals surface area (Å²) in [6, 6.07) is 1.74. The summed E-state index contributed by atoms with van der Waals surface area (Å²) in [7, 11) is 0. The van der Waals surface area contributed by atoms with E-state index in [4.69, 9.17) is 5.73 Å². The van der Waals surface area contributed by atoms with Crippen LogP contribution in [0.2, 0.25) is 0 Å². The predicted molar refractivity (Wildman–Crippen MR) is 64.9 cm³/mol. The number of nitrogen functional groups attached to an aromatic ring is 1. The Kier molecular flexibility index (Phi) is 3.53. The number of pyridine rings is 1. The number of aromatic nitrogens is 1. The van der Waals surface area contributed by atoms with Gasteiger partial charge in [-0.3, -0.25) is 0 Å². The quantitative estimate of drug-likeness (QED) is 0.807. The van der Waals surface area contributed by atoms with Crippen LogP contribution in [0.5, 0.6) is 0 Å². The molecule has 4 nitrogen and oxygen atoms in total. The lowest BCUT2D eigenvalue weighted by atomic mass is 9.84. The van der Waals surface area contributed by atoms with Crippen molar-refractivity contribution < 1.29 is 31.1 Å². The first-order chi connectivity index (χ1) is 9.89. The molecule has 22 heavy (non-hydrogen) atoms. The lowest BCUT2D eigenvalue weighted by molar-refractivity contribution is -0.287. The summed E-state index contributed by atoms with van der Waals surface area (Å²) in [5.41, 5.74) is 1.43. The van der Waals surface area contributed by atoms with Crippen molar-refractivity contribution in [1.82, 2.24) is 4.98 Å². The fourth-order valence-electron chi connectivity index (χ4n) is 2.20. The Bertz CT molecular complexity index is 630. The zero-order chi connectivity index (χ0) is 16.9. The van der Waals surface area contributed by atoms with Crippen LogP contribution in [0.4, 0.5) is 32.2 Å². The molecule has 10 heteroatoms. The van der Waals surface area contributed by atoms with E-state index in [1.165, 1.54) is 0 Å². The fourth-order valence-corrected chi connectivity index (χ4v) is 2.20. The minimum absolute atomic E-state index is 0.323. The molecule has 0 radical (unpaired) electrons. The van der Waals surface area contributed by atoms with Crippen LogP contribution in [0.15, 0.2) is 17.1 Å². The number of ether oxygens (including phenoxy) is 1. The number of aliphatic imine (C=N–C) groups is 1. The normalized spacial score (nSPS) is 28.0. The van der Waals surface area contributed by atoms with Crippen LogP contribution < -0.4 is 5.73 Å². The predicted octanol–water partition coefficient (Wildman–Crippen LogP) is 3.03. The number of nitrogens with two attached hydrogens (primary N) is 1. The highest BCUT2D eigenvalue weighted by Gasteiger charge is 2.70. The van der Waals surface area contributed by atoms with Crippen LogP contribution in [0.3, 0.4) is 0 Å². The van der Waals surface area contributed by atoms with Gasteiger partial charge in [0, 0.05) is 6.92 Å². The van der Waals surface area contributed by atoms with Gasteiger partial charge >= 0.3 is 12.1 Å². The van der Waals surface area contributed by atoms with E-state index in [0.29, 0.717) is 6.92 Å². The Hall–Kier alpha value is -2.00. The second-order valence-corrected chi connectivity index (χ2v) is 4.93. The van der Waals surface area contributed by atoms with Crippen molar-refractivity contribution in [3.8, 4) is 0 Å². The molecule has 1 aliphatic heterocycles. The number of alkyl halides is 5. The minimum atomic E-state index is -5.38. The van der Waals surface area contributed by atoms with Crippen LogP contribution in [0.1, 0.15) is 19.5 Å². The number of hydrogen-bond acceptors (Lipinski definition) is 4. The third kappa shape index (κ3) is 2.35. The third-order valence-electron chi connectivity index (χ3n) is 3.27. The van der Waals surface area contributed by atoms with Crippen molar-refractivity contribution in [2.45, 2.75) is 37.6 Å². The lowest BCUT2D eigenvalue weighted by Crippen LogP contribution is -2.60. The molecule has 0 saturated heterocycles. The number of nitrogens with zero attached hydrogens (tertiary/aromatic N) is 2. The average Bonchev–Trinajstić information content (AvgIpc) is 2.35. The molecule has 0 unspecified atom stereocenters. The lowest BCUT2D eigenvalue weighted by Gasteiger charge is -2.42.